The molecule has 1 aliphatic rings. The average molecular weight is 274 g/mol. The minimum Gasteiger partial charge on any atom is -0.328 e. The second-order valence-corrected chi connectivity index (χ2v) is 4.81. The van der Waals surface area contributed by atoms with E-state index in [2.05, 4.69) is 4.90 Å². The molecule has 2 nitrogen and oxygen atoms in total. The lowest BCUT2D eigenvalue weighted by atomic mass is 10.0. The molecule has 1 aliphatic heterocycles. The van der Waals surface area contributed by atoms with Crippen LogP contribution >= 0.6 is 0 Å². The second-order valence-electron chi connectivity index (χ2n) is 4.81. The summed E-state index contributed by atoms with van der Waals surface area (Å²) in [6.45, 7) is 2.54. The summed E-state index contributed by atoms with van der Waals surface area (Å²) in [6.07, 6.45) is -2.34. The SMILES string of the molecule is C.NC1CCN(Cc2ccc(C(F)(F)F)cc2)CC1. The number of alkyl halides is 3. The summed E-state index contributed by atoms with van der Waals surface area (Å²) in [5.41, 5.74) is 6.13. The van der Waals surface area contributed by atoms with Crippen molar-refractivity contribution < 1.29 is 13.2 Å². The highest BCUT2D eigenvalue weighted by molar-refractivity contribution is 5.24. The zero-order chi connectivity index (χ0) is 13.2. The highest BCUT2D eigenvalue weighted by Gasteiger charge is 2.30. The van der Waals surface area contributed by atoms with Gasteiger partial charge in [-0.2, -0.15) is 13.2 Å². The van der Waals surface area contributed by atoms with Crippen molar-refractivity contribution in [1.29, 1.82) is 0 Å². The third-order valence-corrected chi connectivity index (χ3v) is 3.32. The second kappa shape index (κ2) is 6.39. The number of hydrogen-bond acceptors (Lipinski definition) is 2. The Morgan fingerprint density at radius 3 is 2.11 bits per heavy atom. The van der Waals surface area contributed by atoms with Gasteiger partial charge in [0.2, 0.25) is 0 Å². The molecule has 0 aliphatic carbocycles. The standard InChI is InChI=1S/C13H17F3N2.CH4/c14-13(15,16)11-3-1-10(2-4-11)9-18-7-5-12(17)6-8-18;/h1-4,12H,5-9,17H2;1H4. The Morgan fingerprint density at radius 1 is 1.11 bits per heavy atom. The Kier molecular flexibility index (Phi) is 5.38. The van der Waals surface area contributed by atoms with E-state index in [0.29, 0.717) is 6.54 Å². The molecule has 0 amide bonds. The summed E-state index contributed by atoms with van der Waals surface area (Å²) in [4.78, 5) is 2.23. The van der Waals surface area contributed by atoms with E-state index in [4.69, 9.17) is 5.73 Å². The van der Waals surface area contributed by atoms with Crippen molar-refractivity contribution in [3.05, 3.63) is 35.4 Å². The molecule has 0 unspecified atom stereocenters. The zero-order valence-electron chi connectivity index (χ0n) is 10.1. The summed E-state index contributed by atoms with van der Waals surface area (Å²) >= 11 is 0. The smallest absolute Gasteiger partial charge is 0.328 e. The first-order chi connectivity index (χ1) is 8.45. The van der Waals surface area contributed by atoms with Crippen molar-refractivity contribution in [2.45, 2.75) is 39.0 Å². The molecule has 19 heavy (non-hydrogen) atoms. The van der Waals surface area contributed by atoms with E-state index in [1.165, 1.54) is 0 Å². The van der Waals surface area contributed by atoms with Gasteiger partial charge in [0, 0.05) is 12.6 Å². The molecule has 0 saturated carbocycles. The van der Waals surface area contributed by atoms with E-state index in [1.807, 2.05) is 0 Å². The Bertz CT molecular complexity index is 379. The molecule has 1 saturated heterocycles. The molecular formula is C14H21F3N2. The summed E-state index contributed by atoms with van der Waals surface area (Å²) < 4.78 is 37.2. The predicted molar refractivity (Wildman–Crippen MR) is 70.7 cm³/mol. The van der Waals surface area contributed by atoms with Gasteiger partial charge in [0.15, 0.2) is 0 Å². The van der Waals surface area contributed by atoms with E-state index in [9.17, 15) is 13.2 Å². The van der Waals surface area contributed by atoms with Crippen molar-refractivity contribution >= 4 is 0 Å². The molecule has 0 aromatic heterocycles. The van der Waals surface area contributed by atoms with Gasteiger partial charge in [-0.3, -0.25) is 4.90 Å². The van der Waals surface area contributed by atoms with Gasteiger partial charge in [-0.25, -0.2) is 0 Å². The molecule has 5 heteroatoms. The lowest BCUT2D eigenvalue weighted by Gasteiger charge is -2.30. The highest BCUT2D eigenvalue weighted by Crippen LogP contribution is 2.29. The highest BCUT2D eigenvalue weighted by atomic mass is 19.4. The van der Waals surface area contributed by atoms with E-state index in [0.717, 1.165) is 43.6 Å². The van der Waals surface area contributed by atoms with Crippen LogP contribution in [0, 0.1) is 0 Å². The van der Waals surface area contributed by atoms with Gasteiger partial charge in [0.1, 0.15) is 0 Å². The fraction of sp³-hybridized carbons (Fsp3) is 0.571. The third kappa shape index (κ3) is 4.51. The van der Waals surface area contributed by atoms with E-state index >= 15 is 0 Å². The van der Waals surface area contributed by atoms with E-state index in [-0.39, 0.29) is 13.5 Å². The summed E-state index contributed by atoms with van der Waals surface area (Å²) in [5, 5.41) is 0. The predicted octanol–water partition coefficient (Wildman–Crippen LogP) is 3.26. The minimum absolute atomic E-state index is 0. The summed E-state index contributed by atoms with van der Waals surface area (Å²) in [7, 11) is 0. The van der Waals surface area contributed by atoms with Crippen molar-refractivity contribution in [1.82, 2.24) is 4.90 Å². The van der Waals surface area contributed by atoms with Gasteiger partial charge < -0.3 is 5.73 Å². The van der Waals surface area contributed by atoms with Crippen LogP contribution < -0.4 is 5.73 Å². The number of nitrogens with zero attached hydrogens (tertiary/aromatic N) is 1. The van der Waals surface area contributed by atoms with Crippen LogP contribution in [0.3, 0.4) is 0 Å². The fourth-order valence-corrected chi connectivity index (χ4v) is 2.17. The van der Waals surface area contributed by atoms with Crippen LogP contribution in [-0.2, 0) is 12.7 Å². The minimum atomic E-state index is -4.25. The van der Waals surface area contributed by atoms with Crippen molar-refractivity contribution in [2.75, 3.05) is 13.1 Å². The molecule has 0 bridgehead atoms. The van der Waals surface area contributed by atoms with Crippen LogP contribution in [0.15, 0.2) is 24.3 Å². The van der Waals surface area contributed by atoms with Crippen LogP contribution in [0.4, 0.5) is 13.2 Å². The molecule has 2 N–H and O–H groups in total. The normalized spacial score (nSPS) is 18.1. The number of benzene rings is 1. The van der Waals surface area contributed by atoms with Crippen molar-refractivity contribution in [2.24, 2.45) is 5.73 Å². The largest absolute Gasteiger partial charge is 0.416 e. The molecule has 108 valence electrons. The number of nitrogens with two attached hydrogens (primary N) is 1. The lowest BCUT2D eigenvalue weighted by molar-refractivity contribution is -0.137. The van der Waals surface area contributed by atoms with Gasteiger partial charge in [0.05, 0.1) is 5.56 Å². The number of likely N-dealkylation sites (tertiary alicyclic amines) is 1. The van der Waals surface area contributed by atoms with E-state index < -0.39 is 11.7 Å². The van der Waals surface area contributed by atoms with Crippen molar-refractivity contribution in [3.63, 3.8) is 0 Å². The van der Waals surface area contributed by atoms with Crippen LogP contribution in [0.5, 0.6) is 0 Å². The molecule has 1 fully saturated rings. The van der Waals surface area contributed by atoms with E-state index in [1.54, 1.807) is 12.1 Å². The van der Waals surface area contributed by atoms with Crippen LogP contribution in [0.1, 0.15) is 31.4 Å². The van der Waals surface area contributed by atoms with Crippen LogP contribution in [0.25, 0.3) is 0 Å². The average Bonchev–Trinajstić information content (AvgIpc) is 2.32. The number of rotatable bonds is 2. The molecule has 1 heterocycles. The third-order valence-electron chi connectivity index (χ3n) is 3.32. The number of halogens is 3. The lowest BCUT2D eigenvalue weighted by Crippen LogP contribution is -2.39. The molecule has 1 aromatic rings. The number of piperidine rings is 1. The monoisotopic (exact) mass is 274 g/mol. The Balaban J connectivity index is 0.00000180. The Morgan fingerprint density at radius 2 is 1.63 bits per heavy atom. The van der Waals surface area contributed by atoms with Crippen LogP contribution in [0.2, 0.25) is 0 Å². The summed E-state index contributed by atoms with van der Waals surface area (Å²) in [5.74, 6) is 0. The maximum absolute atomic E-state index is 12.4. The first kappa shape index (κ1) is 16.0. The Labute approximate surface area is 112 Å². The fourth-order valence-electron chi connectivity index (χ4n) is 2.17. The maximum Gasteiger partial charge on any atom is 0.416 e. The first-order valence-electron chi connectivity index (χ1n) is 6.09. The first-order valence-corrected chi connectivity index (χ1v) is 6.09. The zero-order valence-corrected chi connectivity index (χ0v) is 10.1. The maximum atomic E-state index is 12.4. The molecular weight excluding hydrogens is 253 g/mol. The van der Waals surface area contributed by atoms with Gasteiger partial charge >= 0.3 is 6.18 Å². The molecule has 1 aromatic carbocycles. The molecule has 0 atom stereocenters. The van der Waals surface area contributed by atoms with Gasteiger partial charge in [-0.05, 0) is 43.6 Å². The van der Waals surface area contributed by atoms with Gasteiger partial charge in [-0.15, -0.1) is 0 Å². The Hall–Kier alpha value is -1.07. The molecule has 2 rings (SSSR count). The summed E-state index contributed by atoms with van der Waals surface area (Å²) in [6, 6.07) is 5.67. The topological polar surface area (TPSA) is 29.3 Å². The van der Waals surface area contributed by atoms with Gasteiger partial charge in [-0.1, -0.05) is 19.6 Å². The van der Waals surface area contributed by atoms with Crippen molar-refractivity contribution in [3.8, 4) is 0 Å². The molecule has 0 radical (unpaired) electrons. The molecule has 0 spiro atoms. The quantitative estimate of drug-likeness (QED) is 0.897. The van der Waals surface area contributed by atoms with Crippen LogP contribution in [-0.4, -0.2) is 24.0 Å². The van der Waals surface area contributed by atoms with Gasteiger partial charge in [0.25, 0.3) is 0 Å². The number of hydrogen-bond donors (Lipinski definition) is 1.